The molecule has 174 valence electrons. The molecule has 2 aromatic carbocycles. The highest BCUT2D eigenvalue weighted by Crippen LogP contribution is 2.51. The highest BCUT2D eigenvalue weighted by Gasteiger charge is 2.45. The molecule has 2 aromatic rings. The molecule has 1 aliphatic carbocycles. The number of carbonyl (C=O) groups excluding carboxylic acids is 1. The van der Waals surface area contributed by atoms with Crippen LogP contribution in [0.3, 0.4) is 0 Å². The third-order valence-electron chi connectivity index (χ3n) is 6.50. The van der Waals surface area contributed by atoms with Crippen LogP contribution in [0.4, 0.5) is 11.4 Å². The Bertz CT molecular complexity index is 1350. The third kappa shape index (κ3) is 3.84. The van der Waals surface area contributed by atoms with Crippen molar-refractivity contribution >= 4 is 28.8 Å². The van der Waals surface area contributed by atoms with Crippen molar-refractivity contribution in [3.05, 3.63) is 90.9 Å². The van der Waals surface area contributed by atoms with Crippen LogP contribution < -0.4 is 10.6 Å². The van der Waals surface area contributed by atoms with Gasteiger partial charge in [-0.3, -0.25) is 19.8 Å². The molecular weight excluding hydrogens is 452 g/mol. The smallest absolute Gasteiger partial charge is 0.271 e. The number of rotatable bonds is 3. The maximum atomic E-state index is 13.6. The van der Waals surface area contributed by atoms with E-state index in [9.17, 15) is 20.2 Å². The van der Waals surface area contributed by atoms with Gasteiger partial charge in [-0.15, -0.1) is 0 Å². The Morgan fingerprint density at radius 1 is 1.21 bits per heavy atom. The number of ketones is 1. The molecule has 1 aliphatic heterocycles. The second-order valence-electron chi connectivity index (χ2n) is 9.73. The zero-order chi connectivity index (χ0) is 24.9. The molecule has 0 fully saturated rings. The van der Waals surface area contributed by atoms with Gasteiger partial charge in [0.15, 0.2) is 5.78 Å². The Labute approximate surface area is 203 Å². The average molecular weight is 477 g/mol. The molecule has 1 atom stereocenters. The maximum absolute atomic E-state index is 13.6. The summed E-state index contributed by atoms with van der Waals surface area (Å²) >= 11 is 6.48. The summed E-state index contributed by atoms with van der Waals surface area (Å²) in [7, 11) is 0. The molecule has 1 heterocycles. The number of carbonyl (C=O) groups is 1. The van der Waals surface area contributed by atoms with Gasteiger partial charge < -0.3 is 5.73 Å². The Hall–Kier alpha value is -3.63. The molecule has 2 aliphatic rings. The molecule has 0 saturated carbocycles. The fraction of sp³-hybridized carbons (Fsp3) is 0.308. The van der Waals surface area contributed by atoms with Crippen LogP contribution in [0.1, 0.15) is 49.3 Å². The molecule has 7 nitrogen and oxygen atoms in total. The van der Waals surface area contributed by atoms with Gasteiger partial charge in [0.25, 0.3) is 5.69 Å². The molecule has 34 heavy (non-hydrogen) atoms. The maximum Gasteiger partial charge on any atom is 0.271 e. The van der Waals surface area contributed by atoms with Crippen molar-refractivity contribution < 1.29 is 9.72 Å². The lowest BCUT2D eigenvalue weighted by atomic mass is 9.68. The molecular formula is C26H25ClN4O3. The van der Waals surface area contributed by atoms with Crippen molar-refractivity contribution in [2.24, 2.45) is 11.1 Å². The van der Waals surface area contributed by atoms with Gasteiger partial charge in [0.2, 0.25) is 0 Å². The van der Waals surface area contributed by atoms with Crippen molar-refractivity contribution in [1.82, 2.24) is 0 Å². The van der Waals surface area contributed by atoms with E-state index in [1.807, 2.05) is 45.9 Å². The molecule has 8 heteroatoms. The van der Waals surface area contributed by atoms with Crippen molar-refractivity contribution in [2.45, 2.75) is 46.5 Å². The van der Waals surface area contributed by atoms with Gasteiger partial charge in [0.1, 0.15) is 5.82 Å². The zero-order valence-electron chi connectivity index (χ0n) is 19.5. The lowest BCUT2D eigenvalue weighted by Crippen LogP contribution is -2.42. The summed E-state index contributed by atoms with van der Waals surface area (Å²) in [5, 5.41) is 21.5. The lowest BCUT2D eigenvalue weighted by Gasteiger charge is -2.44. The van der Waals surface area contributed by atoms with E-state index in [-0.39, 0.29) is 33.3 Å². The van der Waals surface area contributed by atoms with E-state index in [4.69, 9.17) is 17.3 Å². The second kappa shape index (κ2) is 8.30. The highest BCUT2D eigenvalue weighted by atomic mass is 35.5. The number of halogens is 1. The van der Waals surface area contributed by atoms with Gasteiger partial charge in [0, 0.05) is 29.8 Å². The highest BCUT2D eigenvalue weighted by molar-refractivity contribution is 6.33. The van der Waals surface area contributed by atoms with Crippen LogP contribution in [0.15, 0.2) is 59.1 Å². The summed E-state index contributed by atoms with van der Waals surface area (Å²) in [6, 6.07) is 12.3. The van der Waals surface area contributed by atoms with Crippen LogP contribution in [-0.2, 0) is 4.79 Å². The molecule has 0 saturated heterocycles. The Morgan fingerprint density at radius 3 is 2.50 bits per heavy atom. The molecule has 0 aromatic heterocycles. The van der Waals surface area contributed by atoms with Crippen LogP contribution in [0.5, 0.6) is 0 Å². The van der Waals surface area contributed by atoms with E-state index in [1.165, 1.54) is 18.2 Å². The number of anilines is 1. The van der Waals surface area contributed by atoms with Crippen LogP contribution in [0.25, 0.3) is 0 Å². The fourth-order valence-corrected chi connectivity index (χ4v) is 5.29. The number of hydrogen-bond donors (Lipinski definition) is 1. The minimum absolute atomic E-state index is 0.0421. The Balaban J connectivity index is 2.02. The molecule has 4 rings (SSSR count). The number of nitrogens with zero attached hydrogens (tertiary/aromatic N) is 3. The van der Waals surface area contributed by atoms with Crippen molar-refractivity contribution in [3.63, 3.8) is 0 Å². The van der Waals surface area contributed by atoms with E-state index in [0.717, 1.165) is 16.7 Å². The first-order valence-corrected chi connectivity index (χ1v) is 11.3. The monoisotopic (exact) mass is 476 g/mol. The first-order valence-electron chi connectivity index (χ1n) is 10.9. The number of Topliss-reactive ketones (excluding diaryl/α,β-unsaturated/α-hetero) is 1. The van der Waals surface area contributed by atoms with Gasteiger partial charge in [-0.05, 0) is 42.9 Å². The van der Waals surface area contributed by atoms with Gasteiger partial charge in [-0.25, -0.2) is 0 Å². The average Bonchev–Trinajstić information content (AvgIpc) is 2.73. The molecule has 0 spiro atoms. The predicted molar refractivity (Wildman–Crippen MR) is 131 cm³/mol. The standard InChI is InChI=1S/C26H25ClN4O3/c1-14-5-7-17(15(2)9-14)23-18(13-28)25(29)30(20-8-6-16(31(33)34)10-19(20)27)21-11-26(3,4)12-22(32)24(21)23/h5-10,23H,11-12,29H2,1-4H3. The number of nitro benzene ring substituents is 1. The number of nitriles is 1. The van der Waals surface area contributed by atoms with Gasteiger partial charge in [-0.2, -0.15) is 5.26 Å². The van der Waals surface area contributed by atoms with E-state index in [1.54, 1.807) is 4.90 Å². The van der Waals surface area contributed by atoms with Crippen LogP contribution in [0, 0.1) is 40.7 Å². The summed E-state index contributed by atoms with van der Waals surface area (Å²) in [6.07, 6.45) is 0.871. The van der Waals surface area contributed by atoms with Crippen molar-refractivity contribution in [1.29, 1.82) is 5.26 Å². The number of benzene rings is 2. The molecule has 0 radical (unpaired) electrons. The van der Waals surface area contributed by atoms with Crippen molar-refractivity contribution in [3.8, 4) is 6.07 Å². The van der Waals surface area contributed by atoms with Crippen LogP contribution in [0.2, 0.25) is 5.02 Å². The number of nitro groups is 1. The summed E-state index contributed by atoms with van der Waals surface area (Å²) in [4.78, 5) is 25.9. The van der Waals surface area contributed by atoms with E-state index < -0.39 is 10.8 Å². The minimum Gasteiger partial charge on any atom is -0.384 e. The van der Waals surface area contributed by atoms with Crippen molar-refractivity contribution in [2.75, 3.05) is 4.90 Å². The minimum atomic E-state index is -0.586. The third-order valence-corrected chi connectivity index (χ3v) is 6.80. The van der Waals surface area contributed by atoms with Gasteiger partial charge >= 0.3 is 0 Å². The topological polar surface area (TPSA) is 113 Å². The fourth-order valence-electron chi connectivity index (χ4n) is 5.04. The van der Waals surface area contributed by atoms with E-state index >= 15 is 0 Å². The quantitative estimate of drug-likeness (QED) is 0.442. The number of hydrogen-bond acceptors (Lipinski definition) is 6. The number of allylic oxidation sites excluding steroid dienone is 3. The molecule has 2 N–H and O–H groups in total. The SMILES string of the molecule is Cc1ccc(C2C(C#N)=C(N)N(c3ccc([N+](=O)[O-])cc3Cl)C3=C2C(=O)CC(C)(C)C3)c(C)c1. The normalized spacial score (nSPS) is 19.7. The summed E-state index contributed by atoms with van der Waals surface area (Å²) in [5.74, 6) is -0.454. The number of aryl methyl sites for hydroxylation is 2. The first kappa shape index (κ1) is 23.5. The zero-order valence-corrected chi connectivity index (χ0v) is 20.2. The first-order chi connectivity index (χ1) is 15.9. The van der Waals surface area contributed by atoms with E-state index in [2.05, 4.69) is 6.07 Å². The Morgan fingerprint density at radius 2 is 1.91 bits per heavy atom. The number of nitrogens with two attached hydrogens (primary N) is 1. The van der Waals surface area contributed by atoms with Gasteiger partial charge in [0.05, 0.1) is 33.2 Å². The van der Waals surface area contributed by atoms with Crippen LogP contribution >= 0.6 is 11.6 Å². The second-order valence-corrected chi connectivity index (χ2v) is 10.1. The summed E-state index contributed by atoms with van der Waals surface area (Å²) in [5.41, 5.74) is 10.9. The Kier molecular flexibility index (Phi) is 5.74. The van der Waals surface area contributed by atoms with E-state index in [0.29, 0.717) is 29.8 Å². The van der Waals surface area contributed by atoms with Gasteiger partial charge in [-0.1, -0.05) is 49.2 Å². The van der Waals surface area contributed by atoms with Crippen LogP contribution in [-0.4, -0.2) is 10.7 Å². The number of non-ortho nitro benzene ring substituents is 1. The summed E-state index contributed by atoms with van der Waals surface area (Å²) < 4.78 is 0. The molecule has 0 amide bonds. The predicted octanol–water partition coefficient (Wildman–Crippen LogP) is 5.81. The molecule has 1 unspecified atom stereocenters. The molecule has 0 bridgehead atoms. The lowest BCUT2D eigenvalue weighted by molar-refractivity contribution is -0.384. The summed E-state index contributed by atoms with van der Waals surface area (Å²) in [6.45, 7) is 7.97. The largest absolute Gasteiger partial charge is 0.384 e.